The number of furan rings is 1. The van der Waals surface area contributed by atoms with E-state index in [-0.39, 0.29) is 6.85 Å². The van der Waals surface area contributed by atoms with Crippen molar-refractivity contribution < 1.29 is 8.98 Å². The molecule has 0 radical (unpaired) electrons. The van der Waals surface area contributed by atoms with E-state index in [1.807, 2.05) is 13.0 Å². The zero-order valence-corrected chi connectivity index (χ0v) is 15.7. The maximum atomic E-state index is 6.16. The number of rotatable bonds is 1. The molecule has 0 aliphatic carbocycles. The van der Waals surface area contributed by atoms with Crippen LogP contribution in [0, 0.1) is 20.8 Å². The highest BCUT2D eigenvalue weighted by Crippen LogP contribution is 2.13. The Balaban J connectivity index is 2.01. The Morgan fingerprint density at radius 2 is 1.88 bits per heavy atom. The first kappa shape index (κ1) is 15.9. The van der Waals surface area contributed by atoms with E-state index in [2.05, 4.69) is 73.8 Å². The fraction of sp³-hybridized carbons (Fsp3) is 0.300. The van der Waals surface area contributed by atoms with E-state index in [0.29, 0.717) is 0 Å². The molecule has 4 heterocycles. The van der Waals surface area contributed by atoms with E-state index in [9.17, 15) is 0 Å². The number of fused-ring (bicyclic) bond motifs is 3. The maximum Gasteiger partial charge on any atom is 0.402 e. The summed E-state index contributed by atoms with van der Waals surface area (Å²) in [4.78, 5) is 6.83. The zero-order valence-electron chi connectivity index (χ0n) is 15.7. The van der Waals surface area contributed by atoms with Crippen LogP contribution in [0.25, 0.3) is 22.8 Å². The van der Waals surface area contributed by atoms with E-state index in [1.54, 1.807) is 0 Å². The van der Waals surface area contributed by atoms with Crippen LogP contribution in [0.3, 0.4) is 0 Å². The summed E-state index contributed by atoms with van der Waals surface area (Å²) in [6, 6.07) is 6.43. The molecule has 3 aromatic heterocycles. The number of aryl methyl sites for hydroxylation is 4. The van der Waals surface area contributed by atoms with Gasteiger partial charge in [0.05, 0.1) is 0 Å². The number of hydrogen-bond donors (Lipinski definition) is 0. The van der Waals surface area contributed by atoms with E-state index >= 15 is 0 Å². The van der Waals surface area contributed by atoms with Gasteiger partial charge in [-0.15, -0.1) is 0 Å². The molecule has 0 N–H and O–H groups in total. The molecule has 1 aliphatic heterocycles. The van der Waals surface area contributed by atoms with Gasteiger partial charge in [0.2, 0.25) is 5.71 Å². The van der Waals surface area contributed by atoms with Gasteiger partial charge in [-0.05, 0) is 64.1 Å². The molecule has 0 saturated carbocycles. The van der Waals surface area contributed by atoms with Gasteiger partial charge in [0.25, 0.3) is 0 Å². The number of pyridine rings is 2. The molecule has 3 aromatic rings. The largest absolute Gasteiger partial charge is 0.438 e. The van der Waals surface area contributed by atoms with Gasteiger partial charge in [0.1, 0.15) is 12.5 Å². The Labute approximate surface area is 148 Å². The SMILES string of the molecule is CC1=c2oc3nc(C)ccc3c2=CN(C)B1c1cc(C)c(C)c[n+]1C. The van der Waals surface area contributed by atoms with Crippen molar-refractivity contribution in [3.63, 3.8) is 0 Å². The van der Waals surface area contributed by atoms with Crippen LogP contribution in [0.5, 0.6) is 0 Å². The van der Waals surface area contributed by atoms with Crippen LogP contribution in [0.2, 0.25) is 0 Å². The standard InChI is InChI=1S/C20H23BN3O/c1-12-9-18(23(5)10-13(12)2)21-15(4)19-17(11-24(21)6)16-8-7-14(3)22-20(16)25-19/h7-11H,1-6H3/q+1. The normalized spacial score (nSPS) is 14.1. The Morgan fingerprint density at radius 1 is 1.12 bits per heavy atom. The lowest BCUT2D eigenvalue weighted by molar-refractivity contribution is -0.654. The zero-order chi connectivity index (χ0) is 17.9. The van der Waals surface area contributed by atoms with E-state index in [4.69, 9.17) is 4.42 Å². The summed E-state index contributed by atoms with van der Waals surface area (Å²) in [7, 11) is 4.24. The molecule has 0 amide bonds. The van der Waals surface area contributed by atoms with Crippen LogP contribution in [-0.2, 0) is 7.05 Å². The summed E-state index contributed by atoms with van der Waals surface area (Å²) in [5.74, 6) is 0. The second-order valence-electron chi connectivity index (χ2n) is 7.21. The van der Waals surface area contributed by atoms with Crippen molar-refractivity contribution in [1.29, 1.82) is 0 Å². The van der Waals surface area contributed by atoms with Crippen molar-refractivity contribution in [2.24, 2.45) is 7.05 Å². The molecule has 0 unspecified atom stereocenters. The molecule has 0 saturated heterocycles. The third-order valence-corrected chi connectivity index (χ3v) is 5.30. The molecule has 25 heavy (non-hydrogen) atoms. The van der Waals surface area contributed by atoms with Gasteiger partial charge in [-0.25, -0.2) is 9.55 Å². The second-order valence-corrected chi connectivity index (χ2v) is 7.21. The highest BCUT2D eigenvalue weighted by molar-refractivity contribution is 6.85. The monoisotopic (exact) mass is 332 g/mol. The van der Waals surface area contributed by atoms with Crippen molar-refractivity contribution >= 4 is 35.2 Å². The van der Waals surface area contributed by atoms with Gasteiger partial charge in [-0.1, -0.05) is 0 Å². The minimum absolute atomic E-state index is 0.151. The van der Waals surface area contributed by atoms with Gasteiger partial charge in [-0.2, -0.15) is 0 Å². The average Bonchev–Trinajstić information content (AvgIpc) is 2.90. The number of nitrogens with zero attached hydrogens (tertiary/aromatic N) is 3. The molecule has 0 spiro atoms. The van der Waals surface area contributed by atoms with Gasteiger partial charge >= 0.3 is 6.85 Å². The molecule has 4 rings (SSSR count). The Kier molecular flexibility index (Phi) is 3.49. The van der Waals surface area contributed by atoms with Crippen molar-refractivity contribution in [2.45, 2.75) is 27.7 Å². The average molecular weight is 332 g/mol. The number of aromatic nitrogens is 2. The van der Waals surface area contributed by atoms with Gasteiger partial charge in [0.15, 0.2) is 11.8 Å². The summed E-state index contributed by atoms with van der Waals surface area (Å²) in [5, 5.41) is 2.21. The van der Waals surface area contributed by atoms with Gasteiger partial charge < -0.3 is 9.23 Å². The van der Waals surface area contributed by atoms with Gasteiger partial charge in [-0.3, -0.25) is 0 Å². The number of hydrogen-bond acceptors (Lipinski definition) is 3. The fourth-order valence-corrected chi connectivity index (χ4v) is 3.83. The van der Waals surface area contributed by atoms with Crippen molar-refractivity contribution in [1.82, 2.24) is 9.79 Å². The predicted octanol–water partition coefficient (Wildman–Crippen LogP) is 0.869. The molecule has 1 aliphatic rings. The molecule has 4 nitrogen and oxygen atoms in total. The van der Waals surface area contributed by atoms with E-state index < -0.39 is 0 Å². The first-order valence-electron chi connectivity index (χ1n) is 8.64. The highest BCUT2D eigenvalue weighted by Gasteiger charge is 2.35. The molecular formula is C20H23BN3O+. The van der Waals surface area contributed by atoms with Crippen LogP contribution < -0.4 is 20.8 Å². The summed E-state index contributed by atoms with van der Waals surface area (Å²) < 4.78 is 8.38. The predicted molar refractivity (Wildman–Crippen MR) is 102 cm³/mol. The molecule has 0 aromatic carbocycles. The molecule has 0 bridgehead atoms. The van der Waals surface area contributed by atoms with Crippen LogP contribution in [0.4, 0.5) is 0 Å². The Morgan fingerprint density at radius 3 is 2.64 bits per heavy atom. The summed E-state index contributed by atoms with van der Waals surface area (Å²) in [6.07, 6.45) is 4.38. The topological polar surface area (TPSA) is 33.2 Å². The Bertz CT molecular complexity index is 1130. The molecule has 0 atom stereocenters. The minimum atomic E-state index is 0.151. The lowest BCUT2D eigenvalue weighted by Crippen LogP contribution is -2.62. The molecule has 126 valence electrons. The first-order valence-corrected chi connectivity index (χ1v) is 8.64. The van der Waals surface area contributed by atoms with E-state index in [0.717, 1.165) is 27.4 Å². The van der Waals surface area contributed by atoms with Crippen LogP contribution in [0.1, 0.15) is 23.7 Å². The second kappa shape index (κ2) is 5.48. The van der Waals surface area contributed by atoms with Crippen molar-refractivity contribution in [3.05, 3.63) is 51.9 Å². The summed E-state index contributed by atoms with van der Waals surface area (Å²) >= 11 is 0. The van der Waals surface area contributed by atoms with Gasteiger partial charge in [0, 0.05) is 27.9 Å². The first-order chi connectivity index (χ1) is 11.9. The molecule has 0 fully saturated rings. The lowest BCUT2D eigenvalue weighted by atomic mass is 9.50. The smallest absolute Gasteiger partial charge is 0.402 e. The maximum absolute atomic E-state index is 6.16. The van der Waals surface area contributed by atoms with E-state index in [1.165, 1.54) is 22.2 Å². The van der Waals surface area contributed by atoms with Crippen LogP contribution in [-0.4, -0.2) is 23.7 Å². The highest BCUT2D eigenvalue weighted by atomic mass is 16.3. The summed E-state index contributed by atoms with van der Waals surface area (Å²) in [5.41, 5.74) is 7.73. The Hall–Kier alpha value is -2.56. The lowest BCUT2D eigenvalue weighted by Gasteiger charge is -2.24. The molecule has 5 heteroatoms. The van der Waals surface area contributed by atoms with Crippen molar-refractivity contribution in [3.8, 4) is 0 Å². The third-order valence-electron chi connectivity index (χ3n) is 5.30. The minimum Gasteiger partial charge on any atom is -0.438 e. The third kappa shape index (κ3) is 2.37. The van der Waals surface area contributed by atoms with Crippen molar-refractivity contribution in [2.75, 3.05) is 7.05 Å². The summed E-state index contributed by atoms with van der Waals surface area (Å²) in [6.45, 7) is 8.62. The fourth-order valence-electron chi connectivity index (χ4n) is 3.83. The van der Waals surface area contributed by atoms with Crippen LogP contribution >= 0.6 is 0 Å². The molecular weight excluding hydrogens is 309 g/mol. The van der Waals surface area contributed by atoms with Crippen LogP contribution in [0.15, 0.2) is 28.8 Å². The quantitative estimate of drug-likeness (QED) is 0.490.